The van der Waals surface area contributed by atoms with E-state index in [0.717, 1.165) is 0 Å². The number of rotatable bonds is 5. The maximum absolute atomic E-state index is 11.9. The predicted molar refractivity (Wildman–Crippen MR) is 64.1 cm³/mol. The van der Waals surface area contributed by atoms with Crippen LogP contribution in [-0.2, 0) is 9.59 Å². The maximum atomic E-state index is 11.9. The third-order valence-electron chi connectivity index (χ3n) is 2.30. The number of carboxylic acids is 1. The summed E-state index contributed by atoms with van der Waals surface area (Å²) in [6, 6.07) is 1.81. The Morgan fingerprint density at radius 1 is 1.65 bits per heavy atom. The van der Waals surface area contributed by atoms with Crippen molar-refractivity contribution < 1.29 is 14.7 Å². The lowest BCUT2D eigenvalue weighted by Gasteiger charge is -2.17. The lowest BCUT2D eigenvalue weighted by Crippen LogP contribution is -2.32. The molecule has 6 nitrogen and oxygen atoms in total. The van der Waals surface area contributed by atoms with E-state index < -0.39 is 17.2 Å². The summed E-state index contributed by atoms with van der Waals surface area (Å²) in [5.41, 5.74) is -1.44. The molecule has 0 saturated heterocycles. The standard InChI is InChI=1S/C10H9N3O3S/c1-10(5-11,3-2-7(14)15)8(16)9-12-4-6(17)13-9/h4H,2-3H2,1H3,(H,14,15). The molecule has 0 bridgehead atoms. The van der Waals surface area contributed by atoms with E-state index in [1.807, 2.05) is 6.07 Å². The van der Waals surface area contributed by atoms with Crippen molar-refractivity contribution >= 4 is 41.0 Å². The molecule has 0 aromatic heterocycles. The first kappa shape index (κ1) is 13.1. The van der Waals surface area contributed by atoms with E-state index in [2.05, 4.69) is 9.98 Å². The van der Waals surface area contributed by atoms with Crippen molar-refractivity contribution in [2.24, 2.45) is 15.4 Å². The molecule has 0 saturated carbocycles. The normalized spacial score (nSPS) is 17.2. The Morgan fingerprint density at radius 3 is 2.71 bits per heavy atom. The van der Waals surface area contributed by atoms with Gasteiger partial charge in [0.1, 0.15) is 10.4 Å². The molecule has 0 radical (unpaired) electrons. The fourth-order valence-corrected chi connectivity index (χ4v) is 1.35. The first-order valence-electron chi connectivity index (χ1n) is 4.73. The zero-order valence-electron chi connectivity index (χ0n) is 9.01. The van der Waals surface area contributed by atoms with Crippen LogP contribution in [0.3, 0.4) is 0 Å². The highest BCUT2D eigenvalue weighted by Crippen LogP contribution is 2.25. The molecule has 0 aliphatic carbocycles. The molecule has 0 aromatic carbocycles. The van der Waals surface area contributed by atoms with Gasteiger partial charge in [0.05, 0.1) is 12.3 Å². The summed E-state index contributed by atoms with van der Waals surface area (Å²) < 4.78 is 0. The van der Waals surface area contributed by atoms with Gasteiger partial charge < -0.3 is 5.11 Å². The molecule has 7 heteroatoms. The molecule has 0 amide bonds. The summed E-state index contributed by atoms with van der Waals surface area (Å²) in [5, 5.41) is 17.6. The average molecular weight is 251 g/mol. The van der Waals surface area contributed by atoms with Gasteiger partial charge in [-0.25, -0.2) is 9.98 Å². The highest BCUT2D eigenvalue weighted by atomic mass is 32.1. The number of nitrogens with zero attached hydrogens (tertiary/aromatic N) is 3. The number of aliphatic carboxylic acids is 1. The van der Waals surface area contributed by atoms with Crippen LogP contribution in [-0.4, -0.2) is 33.9 Å². The summed E-state index contributed by atoms with van der Waals surface area (Å²) in [7, 11) is 0. The van der Waals surface area contributed by atoms with E-state index in [0.29, 0.717) is 0 Å². The van der Waals surface area contributed by atoms with Gasteiger partial charge in [-0.1, -0.05) is 12.2 Å². The van der Waals surface area contributed by atoms with Gasteiger partial charge >= 0.3 is 5.97 Å². The van der Waals surface area contributed by atoms with E-state index in [1.54, 1.807) is 0 Å². The molecule has 1 N–H and O–H groups in total. The number of hydrogen-bond donors (Lipinski definition) is 1. The number of carboxylic acid groups (broad SMARTS) is 1. The lowest BCUT2D eigenvalue weighted by molar-refractivity contribution is -0.137. The summed E-state index contributed by atoms with van der Waals surface area (Å²) in [4.78, 5) is 30.0. The monoisotopic (exact) mass is 251 g/mol. The average Bonchev–Trinajstić information content (AvgIpc) is 2.71. The number of nitriles is 1. The summed E-state index contributed by atoms with van der Waals surface area (Å²) >= 11 is 4.71. The third-order valence-corrected chi connectivity index (χ3v) is 2.50. The molecule has 88 valence electrons. The number of Topliss-reactive ketones (excluding diaryl/α,β-unsaturated/α-hetero) is 1. The van der Waals surface area contributed by atoms with Crippen LogP contribution in [0.15, 0.2) is 9.98 Å². The molecule has 0 aromatic rings. The summed E-state index contributed by atoms with van der Waals surface area (Å²) in [6.45, 7) is 1.37. The molecule has 1 heterocycles. The summed E-state index contributed by atoms with van der Waals surface area (Å²) in [5.74, 6) is -1.80. The summed E-state index contributed by atoms with van der Waals surface area (Å²) in [6.07, 6.45) is 0.897. The van der Waals surface area contributed by atoms with Crippen LogP contribution in [0.5, 0.6) is 0 Å². The Bertz CT molecular complexity index is 490. The largest absolute Gasteiger partial charge is 0.481 e. The molecule has 0 spiro atoms. The number of carbonyl (C=O) groups is 2. The van der Waals surface area contributed by atoms with Gasteiger partial charge in [-0.3, -0.25) is 9.59 Å². The second kappa shape index (κ2) is 4.93. The third kappa shape index (κ3) is 3.01. The van der Waals surface area contributed by atoms with Crippen LogP contribution in [0.4, 0.5) is 0 Å². The van der Waals surface area contributed by atoms with Crippen LogP contribution in [0.2, 0.25) is 0 Å². The van der Waals surface area contributed by atoms with Crippen molar-refractivity contribution in [1.29, 1.82) is 5.26 Å². The quantitative estimate of drug-likeness (QED) is 0.726. The zero-order chi connectivity index (χ0) is 13.1. The van der Waals surface area contributed by atoms with Crippen molar-refractivity contribution in [3.05, 3.63) is 0 Å². The highest BCUT2D eigenvalue weighted by molar-refractivity contribution is 7.81. The van der Waals surface area contributed by atoms with Gasteiger partial charge in [0.25, 0.3) is 0 Å². The van der Waals surface area contributed by atoms with Crippen molar-refractivity contribution in [2.45, 2.75) is 19.8 Å². The molecule has 0 fully saturated rings. The van der Waals surface area contributed by atoms with Crippen LogP contribution in [0.1, 0.15) is 19.8 Å². The van der Waals surface area contributed by atoms with Crippen molar-refractivity contribution in [3.8, 4) is 6.07 Å². The highest BCUT2D eigenvalue weighted by Gasteiger charge is 2.37. The van der Waals surface area contributed by atoms with Crippen molar-refractivity contribution in [1.82, 2.24) is 0 Å². The van der Waals surface area contributed by atoms with E-state index >= 15 is 0 Å². The molecular formula is C10H9N3O3S. The minimum Gasteiger partial charge on any atom is -0.481 e. The Labute approximate surface area is 103 Å². The van der Waals surface area contributed by atoms with E-state index in [1.165, 1.54) is 13.1 Å². The molecule has 1 atom stereocenters. The van der Waals surface area contributed by atoms with E-state index in [4.69, 9.17) is 22.6 Å². The van der Waals surface area contributed by atoms with Crippen LogP contribution < -0.4 is 0 Å². The molecule has 1 unspecified atom stereocenters. The maximum Gasteiger partial charge on any atom is 0.303 e. The van der Waals surface area contributed by atoms with E-state index in [-0.39, 0.29) is 23.7 Å². The SMILES string of the molecule is CC(C#N)(CCC(=O)O)C(=O)C1=NC(=S)C=N1. The first-order chi connectivity index (χ1) is 7.89. The number of hydrogen-bond acceptors (Lipinski definition) is 5. The Balaban J connectivity index is 2.88. The van der Waals surface area contributed by atoms with Gasteiger partial charge in [0, 0.05) is 6.42 Å². The minimum absolute atomic E-state index is 0.0844. The smallest absolute Gasteiger partial charge is 0.303 e. The van der Waals surface area contributed by atoms with Gasteiger partial charge in [0.2, 0.25) is 5.78 Å². The molecule has 1 aliphatic rings. The van der Waals surface area contributed by atoms with Crippen LogP contribution in [0, 0.1) is 16.7 Å². The Kier molecular flexibility index (Phi) is 3.81. The number of aliphatic imine (C=N–C) groups is 2. The minimum atomic E-state index is -1.44. The number of ketones is 1. The molecule has 1 rings (SSSR count). The fraction of sp³-hybridized carbons (Fsp3) is 0.400. The molecule has 1 aliphatic heterocycles. The van der Waals surface area contributed by atoms with Crippen LogP contribution >= 0.6 is 12.2 Å². The lowest BCUT2D eigenvalue weighted by atomic mass is 9.82. The Hall–Kier alpha value is -1.94. The van der Waals surface area contributed by atoms with E-state index in [9.17, 15) is 9.59 Å². The first-order valence-corrected chi connectivity index (χ1v) is 5.14. The van der Waals surface area contributed by atoms with Gasteiger partial charge in [0.15, 0.2) is 5.84 Å². The second-order valence-corrected chi connectivity index (χ2v) is 4.12. The second-order valence-electron chi connectivity index (χ2n) is 3.70. The van der Waals surface area contributed by atoms with Gasteiger partial charge in [-0.2, -0.15) is 5.26 Å². The Morgan fingerprint density at radius 2 is 2.29 bits per heavy atom. The van der Waals surface area contributed by atoms with Crippen LogP contribution in [0.25, 0.3) is 0 Å². The topological polar surface area (TPSA) is 103 Å². The van der Waals surface area contributed by atoms with Gasteiger partial charge in [-0.05, 0) is 13.3 Å². The molecule has 17 heavy (non-hydrogen) atoms. The van der Waals surface area contributed by atoms with Gasteiger partial charge in [-0.15, -0.1) is 0 Å². The zero-order valence-corrected chi connectivity index (χ0v) is 9.82. The van der Waals surface area contributed by atoms with Crippen molar-refractivity contribution in [2.75, 3.05) is 0 Å². The number of carbonyl (C=O) groups excluding carboxylic acids is 1. The fourth-order valence-electron chi connectivity index (χ4n) is 1.21. The number of thiocarbonyl (C=S) groups is 1. The number of amidine groups is 1. The predicted octanol–water partition coefficient (Wildman–Crippen LogP) is 0.760. The molecular weight excluding hydrogens is 242 g/mol. The van der Waals surface area contributed by atoms with Crippen molar-refractivity contribution in [3.63, 3.8) is 0 Å².